The lowest BCUT2D eigenvalue weighted by atomic mass is 10.1. The number of carbonyl (C=O) groups is 2. The van der Waals surface area contributed by atoms with Crippen LogP contribution in [-0.2, 0) is 9.53 Å². The number of amides is 1. The summed E-state index contributed by atoms with van der Waals surface area (Å²) in [5.74, 6) is 5.03. The molecule has 1 aromatic rings. The first-order valence-electron chi connectivity index (χ1n) is 6.86. The second-order valence-electron chi connectivity index (χ2n) is 4.21. The lowest BCUT2D eigenvalue weighted by Crippen LogP contribution is -2.36. The highest BCUT2D eigenvalue weighted by Gasteiger charge is 2.17. The fourth-order valence-electron chi connectivity index (χ4n) is 1.72. The third kappa shape index (κ3) is 5.28. The Hall–Kier alpha value is -2.32. The average molecular weight is 288 g/mol. The zero-order chi connectivity index (χ0) is 15.7. The number of nitrogens with two attached hydrogens (primary N) is 1. The number of hydrogen-bond acceptors (Lipinski definition) is 4. The van der Waals surface area contributed by atoms with Gasteiger partial charge in [-0.1, -0.05) is 11.8 Å². The molecule has 0 bridgehead atoms. The quantitative estimate of drug-likeness (QED) is 0.648. The molecule has 0 spiro atoms. The van der Waals surface area contributed by atoms with Gasteiger partial charge in [0.25, 0.3) is 5.91 Å². The molecule has 1 rings (SSSR count). The molecule has 5 nitrogen and oxygen atoms in total. The Morgan fingerprint density at radius 3 is 2.43 bits per heavy atom. The van der Waals surface area contributed by atoms with Gasteiger partial charge >= 0.3 is 5.97 Å². The molecule has 0 unspecified atom stereocenters. The number of carbonyl (C=O) groups excluding carboxylic acids is 2. The highest BCUT2D eigenvalue weighted by Crippen LogP contribution is 2.07. The summed E-state index contributed by atoms with van der Waals surface area (Å²) in [5, 5.41) is 0. The van der Waals surface area contributed by atoms with Crippen LogP contribution in [0.5, 0.6) is 0 Å². The van der Waals surface area contributed by atoms with E-state index in [0.29, 0.717) is 25.3 Å². The van der Waals surface area contributed by atoms with Crippen molar-refractivity contribution >= 4 is 11.9 Å². The average Bonchev–Trinajstić information content (AvgIpc) is 2.50. The fourth-order valence-corrected chi connectivity index (χ4v) is 1.72. The van der Waals surface area contributed by atoms with Crippen molar-refractivity contribution in [3.63, 3.8) is 0 Å². The van der Waals surface area contributed by atoms with Crippen molar-refractivity contribution in [3.05, 3.63) is 35.4 Å². The molecule has 0 atom stereocenters. The number of benzene rings is 1. The van der Waals surface area contributed by atoms with Gasteiger partial charge < -0.3 is 15.4 Å². The highest BCUT2D eigenvalue weighted by atomic mass is 16.5. The van der Waals surface area contributed by atoms with Crippen LogP contribution in [0, 0.1) is 11.8 Å². The molecular formula is C16H20N2O3. The molecule has 1 amide bonds. The summed E-state index contributed by atoms with van der Waals surface area (Å²) in [4.78, 5) is 25.2. The standard InChI is InChI=1S/C16H20N2O3/c1-3-18(12-15(19)21-4-2)16(20)14-9-7-13(8-10-14)6-5-11-17/h7-10H,3-4,11-12,17H2,1-2H3. The van der Waals surface area contributed by atoms with Crippen molar-refractivity contribution in [3.8, 4) is 11.8 Å². The van der Waals surface area contributed by atoms with Crippen LogP contribution < -0.4 is 5.73 Å². The van der Waals surface area contributed by atoms with E-state index in [2.05, 4.69) is 11.8 Å². The van der Waals surface area contributed by atoms with Gasteiger partial charge in [0.2, 0.25) is 0 Å². The maximum atomic E-state index is 12.3. The Morgan fingerprint density at radius 1 is 1.24 bits per heavy atom. The van der Waals surface area contributed by atoms with Gasteiger partial charge in [-0.25, -0.2) is 0 Å². The van der Waals surface area contributed by atoms with Gasteiger partial charge in [-0.3, -0.25) is 9.59 Å². The monoisotopic (exact) mass is 288 g/mol. The van der Waals surface area contributed by atoms with Crippen LogP contribution in [0.4, 0.5) is 0 Å². The van der Waals surface area contributed by atoms with Gasteiger partial charge in [0.1, 0.15) is 6.54 Å². The van der Waals surface area contributed by atoms with E-state index in [9.17, 15) is 9.59 Å². The summed E-state index contributed by atoms with van der Waals surface area (Å²) in [5.41, 5.74) is 6.62. The van der Waals surface area contributed by atoms with Gasteiger partial charge in [0, 0.05) is 17.7 Å². The summed E-state index contributed by atoms with van der Waals surface area (Å²) >= 11 is 0. The molecule has 0 aliphatic carbocycles. The van der Waals surface area contributed by atoms with Crippen LogP contribution in [-0.4, -0.2) is 43.0 Å². The Labute approximate surface area is 125 Å². The second-order valence-corrected chi connectivity index (χ2v) is 4.21. The molecule has 112 valence electrons. The van der Waals surface area contributed by atoms with E-state index in [1.807, 2.05) is 6.92 Å². The minimum absolute atomic E-state index is 0.0437. The number of hydrogen-bond donors (Lipinski definition) is 1. The lowest BCUT2D eigenvalue weighted by Gasteiger charge is -2.19. The molecule has 0 aliphatic heterocycles. The summed E-state index contributed by atoms with van der Waals surface area (Å²) in [6.45, 7) is 4.54. The van der Waals surface area contributed by atoms with E-state index in [0.717, 1.165) is 5.56 Å². The van der Waals surface area contributed by atoms with Crippen LogP contribution >= 0.6 is 0 Å². The smallest absolute Gasteiger partial charge is 0.325 e. The maximum Gasteiger partial charge on any atom is 0.325 e. The molecule has 0 saturated carbocycles. The van der Waals surface area contributed by atoms with E-state index >= 15 is 0 Å². The van der Waals surface area contributed by atoms with E-state index in [1.165, 1.54) is 4.90 Å². The van der Waals surface area contributed by atoms with Gasteiger partial charge in [0.15, 0.2) is 0 Å². The molecule has 0 heterocycles. The first-order chi connectivity index (χ1) is 10.1. The Kier molecular flexibility index (Phi) is 6.99. The Morgan fingerprint density at radius 2 is 1.90 bits per heavy atom. The van der Waals surface area contributed by atoms with Crippen LogP contribution in [0.15, 0.2) is 24.3 Å². The van der Waals surface area contributed by atoms with Crippen LogP contribution in [0.25, 0.3) is 0 Å². The first kappa shape index (κ1) is 16.7. The predicted octanol–water partition coefficient (Wildman–Crippen LogP) is 1.02. The number of ether oxygens (including phenoxy) is 1. The van der Waals surface area contributed by atoms with E-state index in [4.69, 9.17) is 10.5 Å². The first-order valence-corrected chi connectivity index (χ1v) is 6.86. The SMILES string of the molecule is CCOC(=O)CN(CC)C(=O)c1ccc(C#CCN)cc1. The summed E-state index contributed by atoms with van der Waals surface area (Å²) in [7, 11) is 0. The van der Waals surface area contributed by atoms with Gasteiger partial charge in [-0.15, -0.1) is 0 Å². The maximum absolute atomic E-state index is 12.3. The van der Waals surface area contributed by atoms with Gasteiger partial charge in [-0.2, -0.15) is 0 Å². The van der Waals surface area contributed by atoms with Gasteiger partial charge in [0.05, 0.1) is 13.2 Å². The molecule has 0 aromatic heterocycles. The summed E-state index contributed by atoms with van der Waals surface area (Å²) in [6.07, 6.45) is 0. The van der Waals surface area contributed by atoms with Crippen molar-refractivity contribution in [2.45, 2.75) is 13.8 Å². The zero-order valence-electron chi connectivity index (χ0n) is 12.4. The lowest BCUT2D eigenvalue weighted by molar-refractivity contribution is -0.143. The molecule has 5 heteroatoms. The second kappa shape index (κ2) is 8.77. The van der Waals surface area contributed by atoms with Crippen molar-refractivity contribution < 1.29 is 14.3 Å². The van der Waals surface area contributed by atoms with Gasteiger partial charge in [-0.05, 0) is 38.1 Å². The van der Waals surface area contributed by atoms with Crippen LogP contribution in [0.3, 0.4) is 0 Å². The largest absolute Gasteiger partial charge is 0.465 e. The fraction of sp³-hybridized carbons (Fsp3) is 0.375. The number of rotatable bonds is 5. The molecule has 0 aliphatic rings. The molecule has 1 aromatic carbocycles. The zero-order valence-corrected chi connectivity index (χ0v) is 12.4. The third-order valence-corrected chi connectivity index (χ3v) is 2.76. The van der Waals surface area contributed by atoms with Crippen molar-refractivity contribution in [1.82, 2.24) is 4.90 Å². The summed E-state index contributed by atoms with van der Waals surface area (Å²) < 4.78 is 4.86. The number of likely N-dealkylation sites (N-methyl/N-ethyl adjacent to an activating group) is 1. The van der Waals surface area contributed by atoms with Crippen LogP contribution in [0.1, 0.15) is 29.8 Å². The minimum Gasteiger partial charge on any atom is -0.465 e. The van der Waals surface area contributed by atoms with E-state index in [-0.39, 0.29) is 12.5 Å². The molecule has 0 saturated heterocycles. The third-order valence-electron chi connectivity index (χ3n) is 2.76. The van der Waals surface area contributed by atoms with E-state index < -0.39 is 5.97 Å². The summed E-state index contributed by atoms with van der Waals surface area (Å²) in [6, 6.07) is 6.90. The molecule has 0 radical (unpaired) electrons. The Bertz CT molecular complexity index is 541. The van der Waals surface area contributed by atoms with Crippen molar-refractivity contribution in [1.29, 1.82) is 0 Å². The molecular weight excluding hydrogens is 268 g/mol. The minimum atomic E-state index is -0.405. The molecule has 2 N–H and O–H groups in total. The van der Waals surface area contributed by atoms with Crippen molar-refractivity contribution in [2.75, 3.05) is 26.2 Å². The van der Waals surface area contributed by atoms with Crippen molar-refractivity contribution in [2.24, 2.45) is 5.73 Å². The number of esters is 1. The predicted molar refractivity (Wildman–Crippen MR) is 80.6 cm³/mol. The normalized spacial score (nSPS) is 9.48. The molecule has 0 fully saturated rings. The number of nitrogens with zero attached hydrogens (tertiary/aromatic N) is 1. The van der Waals surface area contributed by atoms with E-state index in [1.54, 1.807) is 31.2 Å². The highest BCUT2D eigenvalue weighted by molar-refractivity contribution is 5.96. The topological polar surface area (TPSA) is 72.6 Å². The molecule has 21 heavy (non-hydrogen) atoms. The van der Waals surface area contributed by atoms with Crippen LogP contribution in [0.2, 0.25) is 0 Å². The Balaban J connectivity index is 2.78.